The van der Waals surface area contributed by atoms with Crippen molar-refractivity contribution in [2.75, 3.05) is 4.90 Å². The summed E-state index contributed by atoms with van der Waals surface area (Å²) in [6.07, 6.45) is 6.53. The van der Waals surface area contributed by atoms with E-state index in [-0.39, 0.29) is 12.0 Å². The van der Waals surface area contributed by atoms with Gasteiger partial charge in [-0.15, -0.1) is 0 Å². The second kappa shape index (κ2) is 8.25. The first-order valence-electron chi connectivity index (χ1n) is 12.8. The van der Waals surface area contributed by atoms with Crippen LogP contribution in [-0.2, 0) is 0 Å². The van der Waals surface area contributed by atoms with E-state index >= 15 is 0 Å². The van der Waals surface area contributed by atoms with Gasteiger partial charge in [-0.1, -0.05) is 97.1 Å². The van der Waals surface area contributed by atoms with Crippen LogP contribution < -0.4 is 9.64 Å². The molecule has 0 N–H and O–H groups in total. The monoisotopic (exact) mass is 490 g/mol. The Morgan fingerprint density at radius 3 is 2.03 bits per heavy atom. The fraction of sp³-hybridized carbons (Fsp3) is 0.0606. The van der Waals surface area contributed by atoms with Gasteiger partial charge in [0, 0.05) is 39.9 Å². The number of hydrogen-bond acceptors (Lipinski definition) is 5. The Labute approximate surface area is 220 Å². The van der Waals surface area contributed by atoms with E-state index in [1.807, 2.05) is 66.7 Å². The summed E-state index contributed by atoms with van der Waals surface area (Å²) in [6.45, 7) is 0. The van der Waals surface area contributed by atoms with Crippen LogP contribution in [-0.4, -0.2) is 15.0 Å². The minimum Gasteiger partial charge on any atom is -0.484 e. The predicted octanol–water partition coefficient (Wildman–Crippen LogP) is 7.49. The summed E-state index contributed by atoms with van der Waals surface area (Å²) in [5, 5.41) is 0. The second-order valence-electron chi connectivity index (χ2n) is 9.67. The van der Waals surface area contributed by atoms with Crippen molar-refractivity contribution in [1.29, 1.82) is 0 Å². The largest absolute Gasteiger partial charge is 0.484 e. The fourth-order valence-corrected chi connectivity index (χ4v) is 5.71. The van der Waals surface area contributed by atoms with E-state index in [1.165, 1.54) is 22.3 Å². The molecule has 0 radical (unpaired) electrons. The number of ether oxygens (including phenoxy) is 1. The van der Waals surface area contributed by atoms with Gasteiger partial charge in [-0.25, -0.2) is 4.98 Å². The summed E-state index contributed by atoms with van der Waals surface area (Å²) in [6, 6.07) is 34.9. The number of aromatic nitrogens is 3. The molecule has 2 atom stereocenters. The van der Waals surface area contributed by atoms with Gasteiger partial charge in [-0.3, -0.25) is 4.90 Å². The smallest absolute Gasteiger partial charge is 0.238 e. The zero-order chi connectivity index (χ0) is 25.1. The van der Waals surface area contributed by atoms with E-state index < -0.39 is 0 Å². The van der Waals surface area contributed by atoms with Gasteiger partial charge in [0.15, 0.2) is 11.6 Å². The molecule has 0 bridgehead atoms. The molecule has 2 aliphatic heterocycles. The summed E-state index contributed by atoms with van der Waals surface area (Å²) >= 11 is 0. The van der Waals surface area contributed by atoms with Crippen molar-refractivity contribution >= 4 is 17.2 Å². The molecule has 2 unspecified atom stereocenters. The van der Waals surface area contributed by atoms with Crippen LogP contribution in [0.15, 0.2) is 121 Å². The molecule has 0 saturated carbocycles. The molecule has 1 aliphatic carbocycles. The molecular formula is C33H22N4O. The average Bonchev–Trinajstić information content (AvgIpc) is 3.37. The normalized spacial score (nSPS) is 18.2. The lowest BCUT2D eigenvalue weighted by Gasteiger charge is -2.33. The highest BCUT2D eigenvalue weighted by Crippen LogP contribution is 2.54. The Morgan fingerprint density at radius 2 is 1.29 bits per heavy atom. The zero-order valence-electron chi connectivity index (χ0n) is 20.4. The Bertz CT molecular complexity index is 1700. The molecule has 0 saturated heterocycles. The number of allylic oxidation sites excluding steroid dienone is 2. The second-order valence-corrected chi connectivity index (χ2v) is 9.67. The maximum atomic E-state index is 6.48. The molecule has 3 heterocycles. The van der Waals surface area contributed by atoms with Crippen molar-refractivity contribution in [2.45, 2.75) is 12.0 Å². The predicted molar refractivity (Wildman–Crippen MR) is 149 cm³/mol. The summed E-state index contributed by atoms with van der Waals surface area (Å²) in [5.74, 6) is 3.03. The number of anilines is 2. The first-order chi connectivity index (χ1) is 18.8. The van der Waals surface area contributed by atoms with Gasteiger partial charge in [0.05, 0.1) is 5.69 Å². The van der Waals surface area contributed by atoms with Crippen LogP contribution in [0.3, 0.4) is 0 Å². The van der Waals surface area contributed by atoms with E-state index in [4.69, 9.17) is 19.7 Å². The number of hydrogen-bond donors (Lipinski definition) is 0. The highest BCUT2D eigenvalue weighted by Gasteiger charge is 2.40. The van der Waals surface area contributed by atoms with Gasteiger partial charge in [0.2, 0.25) is 5.95 Å². The lowest BCUT2D eigenvalue weighted by molar-refractivity contribution is 0.223. The van der Waals surface area contributed by atoms with Gasteiger partial charge >= 0.3 is 0 Å². The van der Waals surface area contributed by atoms with E-state index in [1.54, 1.807) is 0 Å². The molecule has 0 fully saturated rings. The average molecular weight is 491 g/mol. The van der Waals surface area contributed by atoms with E-state index in [0.717, 1.165) is 22.6 Å². The van der Waals surface area contributed by atoms with Gasteiger partial charge in [-0.05, 0) is 23.8 Å². The molecule has 8 rings (SSSR count). The minimum absolute atomic E-state index is 0.0439. The number of fused-ring (bicyclic) bond motifs is 4. The van der Waals surface area contributed by atoms with Gasteiger partial charge < -0.3 is 4.74 Å². The maximum absolute atomic E-state index is 6.48. The summed E-state index contributed by atoms with van der Waals surface area (Å²) in [7, 11) is 0. The van der Waals surface area contributed by atoms with Crippen LogP contribution in [0.4, 0.5) is 11.6 Å². The Hall–Kier alpha value is -5.03. The van der Waals surface area contributed by atoms with Crippen LogP contribution in [0.2, 0.25) is 0 Å². The van der Waals surface area contributed by atoms with Gasteiger partial charge in [-0.2, -0.15) is 9.97 Å². The van der Waals surface area contributed by atoms with Crippen molar-refractivity contribution in [3.05, 3.63) is 138 Å². The SMILES string of the molecule is C1=CN(c2nc(-c3ccccc3)nc(-c3ccccc3)n2)c2cccc3c2C1=CC1c2ccccc2OC31. The van der Waals surface area contributed by atoms with Crippen molar-refractivity contribution in [1.82, 2.24) is 15.0 Å². The number of rotatable bonds is 3. The zero-order valence-corrected chi connectivity index (χ0v) is 20.4. The van der Waals surface area contributed by atoms with Crippen LogP contribution in [0.5, 0.6) is 5.75 Å². The molecule has 1 aromatic heterocycles. The third-order valence-corrected chi connectivity index (χ3v) is 7.45. The molecule has 0 spiro atoms. The molecule has 3 aliphatic rings. The molecular weight excluding hydrogens is 468 g/mol. The summed E-state index contributed by atoms with van der Waals surface area (Å²) < 4.78 is 6.48. The Kier molecular flexibility index (Phi) is 4.58. The molecule has 180 valence electrons. The van der Waals surface area contributed by atoms with Crippen molar-refractivity contribution in [2.24, 2.45) is 0 Å². The lowest BCUT2D eigenvalue weighted by atomic mass is 9.78. The topological polar surface area (TPSA) is 51.1 Å². The summed E-state index contributed by atoms with van der Waals surface area (Å²) in [4.78, 5) is 16.8. The minimum atomic E-state index is -0.0439. The highest BCUT2D eigenvalue weighted by atomic mass is 16.5. The number of benzene rings is 4. The fourth-order valence-electron chi connectivity index (χ4n) is 5.71. The third kappa shape index (κ3) is 3.22. The maximum Gasteiger partial charge on any atom is 0.238 e. The van der Waals surface area contributed by atoms with Crippen molar-refractivity contribution in [3.63, 3.8) is 0 Å². The van der Waals surface area contributed by atoms with Crippen molar-refractivity contribution in [3.8, 4) is 28.5 Å². The molecule has 5 heteroatoms. The molecule has 38 heavy (non-hydrogen) atoms. The quantitative estimate of drug-likeness (QED) is 0.262. The van der Waals surface area contributed by atoms with Crippen LogP contribution >= 0.6 is 0 Å². The molecule has 4 aromatic carbocycles. The number of nitrogens with zero attached hydrogens (tertiary/aromatic N) is 4. The molecule has 0 amide bonds. The van der Waals surface area contributed by atoms with Crippen molar-refractivity contribution < 1.29 is 4.74 Å². The first kappa shape index (κ1) is 21.1. The summed E-state index contributed by atoms with van der Waals surface area (Å²) in [5.41, 5.74) is 7.75. The third-order valence-electron chi connectivity index (χ3n) is 7.45. The molecule has 5 aromatic rings. The highest BCUT2D eigenvalue weighted by molar-refractivity contribution is 5.92. The Morgan fingerprint density at radius 1 is 0.632 bits per heavy atom. The standard InChI is InChI=1S/C33H22N4O/c1-3-10-21(11-4-1)31-34-32(22-12-5-2-6-13-22)36-33(35-31)37-19-18-23-20-26-24-14-7-8-17-28(24)38-30(26)25-15-9-16-27(37)29(23)25/h1-20,26,30H. The number of para-hydroxylation sites is 1. The Balaban J connectivity index is 1.29. The first-order valence-corrected chi connectivity index (χ1v) is 12.8. The van der Waals surface area contributed by atoms with Crippen LogP contribution in [0.1, 0.15) is 28.7 Å². The van der Waals surface area contributed by atoms with E-state index in [0.29, 0.717) is 17.6 Å². The van der Waals surface area contributed by atoms with E-state index in [2.05, 4.69) is 59.7 Å². The van der Waals surface area contributed by atoms with Gasteiger partial charge in [0.25, 0.3) is 0 Å². The molecule has 5 nitrogen and oxygen atoms in total. The van der Waals surface area contributed by atoms with Crippen LogP contribution in [0.25, 0.3) is 28.3 Å². The van der Waals surface area contributed by atoms with Crippen LogP contribution in [0, 0.1) is 0 Å². The van der Waals surface area contributed by atoms with Gasteiger partial charge in [0.1, 0.15) is 11.9 Å². The van der Waals surface area contributed by atoms with E-state index in [9.17, 15) is 0 Å². The lowest BCUT2D eigenvalue weighted by Crippen LogP contribution is -2.23.